The van der Waals surface area contributed by atoms with Gasteiger partial charge in [0, 0.05) is 24.3 Å². The molecule has 114 valence electrons. The minimum absolute atomic E-state index is 0.0867. The number of thioether (sulfide) groups is 1. The molecule has 0 bridgehead atoms. The van der Waals surface area contributed by atoms with E-state index < -0.39 is 11.9 Å². The highest BCUT2D eigenvalue weighted by molar-refractivity contribution is 7.98. The number of hydrogen-bond donors (Lipinski definition) is 0. The van der Waals surface area contributed by atoms with Gasteiger partial charge in [-0.3, -0.25) is 0 Å². The van der Waals surface area contributed by atoms with Crippen LogP contribution >= 0.6 is 11.8 Å². The van der Waals surface area contributed by atoms with Gasteiger partial charge in [0.2, 0.25) is 0 Å². The molecule has 0 aliphatic rings. The normalized spacial score (nSPS) is 12.0. The van der Waals surface area contributed by atoms with Crippen LogP contribution in [0.3, 0.4) is 0 Å². The lowest BCUT2D eigenvalue weighted by atomic mass is 10.3. The number of nitrogens with zero attached hydrogens (tertiary/aromatic N) is 4. The molecule has 0 aliphatic heterocycles. The number of alkyl halides is 3. The Morgan fingerprint density at radius 3 is 2.77 bits per heavy atom. The molecule has 8 heteroatoms. The molecule has 3 aromatic rings. The molecule has 3 rings (SSSR count). The Labute approximate surface area is 128 Å². The van der Waals surface area contributed by atoms with Crippen molar-refractivity contribution in [3.63, 3.8) is 0 Å². The Hall–Kier alpha value is -2.09. The smallest absolute Gasteiger partial charge is 0.307 e. The predicted molar refractivity (Wildman–Crippen MR) is 76.5 cm³/mol. The van der Waals surface area contributed by atoms with Crippen molar-refractivity contribution in [1.29, 1.82) is 0 Å². The molecule has 0 fully saturated rings. The zero-order chi connectivity index (χ0) is 15.7. The zero-order valence-corrected chi connectivity index (χ0v) is 12.3. The summed E-state index contributed by atoms with van der Waals surface area (Å²) in [5, 5.41) is 0.0867. The molecule has 0 saturated heterocycles. The molecular formula is C14H11F3N4S. The average molecular weight is 324 g/mol. The lowest BCUT2D eigenvalue weighted by Crippen LogP contribution is -2.08. The number of halogens is 3. The summed E-state index contributed by atoms with van der Waals surface area (Å²) in [5.74, 6) is 0.405. The number of hydrogen-bond acceptors (Lipinski definition) is 4. The molecule has 0 aliphatic carbocycles. The summed E-state index contributed by atoms with van der Waals surface area (Å²) in [4.78, 5) is 11.8. The first-order chi connectivity index (χ1) is 10.4. The molecule has 0 spiro atoms. The molecule has 22 heavy (non-hydrogen) atoms. The van der Waals surface area contributed by atoms with E-state index in [4.69, 9.17) is 0 Å². The van der Waals surface area contributed by atoms with Crippen molar-refractivity contribution in [1.82, 2.24) is 19.4 Å². The third kappa shape index (κ3) is 3.06. The lowest BCUT2D eigenvalue weighted by molar-refractivity contribution is -0.141. The van der Waals surface area contributed by atoms with Crippen LogP contribution in [-0.2, 0) is 11.9 Å². The van der Waals surface area contributed by atoms with E-state index in [1.807, 2.05) is 35.9 Å². The number of imidazole rings is 1. The third-order valence-corrected chi connectivity index (χ3v) is 3.90. The third-order valence-electron chi connectivity index (χ3n) is 3.00. The summed E-state index contributed by atoms with van der Waals surface area (Å²) in [6.45, 7) is 1.95. The van der Waals surface area contributed by atoms with Crippen LogP contribution in [0.2, 0.25) is 0 Å². The van der Waals surface area contributed by atoms with Crippen LogP contribution < -0.4 is 0 Å². The van der Waals surface area contributed by atoms with Gasteiger partial charge in [0.25, 0.3) is 0 Å². The van der Waals surface area contributed by atoms with Crippen molar-refractivity contribution in [2.24, 2.45) is 0 Å². The van der Waals surface area contributed by atoms with Gasteiger partial charge < -0.3 is 4.40 Å². The minimum Gasteiger partial charge on any atom is -0.307 e. The van der Waals surface area contributed by atoms with E-state index in [9.17, 15) is 13.2 Å². The topological polar surface area (TPSA) is 43.1 Å². The second-order valence-corrected chi connectivity index (χ2v) is 5.61. The van der Waals surface area contributed by atoms with Crippen molar-refractivity contribution >= 4 is 17.4 Å². The van der Waals surface area contributed by atoms with E-state index in [2.05, 4.69) is 15.0 Å². The summed E-state index contributed by atoms with van der Waals surface area (Å²) in [6, 6.07) is 4.73. The fourth-order valence-corrected chi connectivity index (χ4v) is 2.70. The highest BCUT2D eigenvalue weighted by Crippen LogP contribution is 2.29. The number of aromatic nitrogens is 4. The van der Waals surface area contributed by atoms with Gasteiger partial charge in [-0.1, -0.05) is 17.8 Å². The number of fused-ring (bicyclic) bond motifs is 1. The van der Waals surface area contributed by atoms with Crippen LogP contribution in [0.5, 0.6) is 0 Å². The van der Waals surface area contributed by atoms with Crippen LogP contribution in [0.15, 0.2) is 41.9 Å². The molecule has 0 N–H and O–H groups in total. The Kier molecular flexibility index (Phi) is 3.78. The SMILES string of the molecule is Cc1cccn2cc(CSc3nccc(C(F)(F)F)n3)nc12. The lowest BCUT2D eigenvalue weighted by Gasteiger charge is -2.05. The summed E-state index contributed by atoms with van der Waals surface area (Å²) in [7, 11) is 0. The van der Waals surface area contributed by atoms with E-state index in [0.717, 1.165) is 40.9 Å². The maximum absolute atomic E-state index is 12.6. The van der Waals surface area contributed by atoms with Crippen LogP contribution in [-0.4, -0.2) is 19.4 Å². The quantitative estimate of drug-likeness (QED) is 0.544. The van der Waals surface area contributed by atoms with Crippen molar-refractivity contribution < 1.29 is 13.2 Å². The maximum atomic E-state index is 12.6. The van der Waals surface area contributed by atoms with Gasteiger partial charge in [-0.05, 0) is 24.6 Å². The van der Waals surface area contributed by atoms with Crippen molar-refractivity contribution in [3.8, 4) is 0 Å². The fraction of sp³-hybridized carbons (Fsp3) is 0.214. The van der Waals surface area contributed by atoms with Gasteiger partial charge >= 0.3 is 6.18 Å². The molecule has 4 nitrogen and oxygen atoms in total. The van der Waals surface area contributed by atoms with Gasteiger partial charge in [0.05, 0.1) is 5.69 Å². The van der Waals surface area contributed by atoms with Crippen LogP contribution in [0, 0.1) is 6.92 Å². The second-order valence-electron chi connectivity index (χ2n) is 4.67. The summed E-state index contributed by atoms with van der Waals surface area (Å²) >= 11 is 1.13. The highest BCUT2D eigenvalue weighted by Gasteiger charge is 2.32. The average Bonchev–Trinajstić information content (AvgIpc) is 2.89. The molecule has 0 unspecified atom stereocenters. The molecule has 3 heterocycles. The summed E-state index contributed by atoms with van der Waals surface area (Å²) in [6.07, 6.45) is 0.387. The van der Waals surface area contributed by atoms with Gasteiger partial charge in [0.1, 0.15) is 11.3 Å². The van der Waals surface area contributed by atoms with E-state index in [0.29, 0.717) is 5.75 Å². The van der Waals surface area contributed by atoms with Gasteiger partial charge in [-0.25, -0.2) is 15.0 Å². The van der Waals surface area contributed by atoms with Gasteiger partial charge in [-0.2, -0.15) is 13.2 Å². The molecule has 0 atom stereocenters. The largest absolute Gasteiger partial charge is 0.433 e. The van der Waals surface area contributed by atoms with Crippen molar-refractivity contribution in [2.45, 2.75) is 24.0 Å². The summed E-state index contributed by atoms with van der Waals surface area (Å²) < 4.78 is 39.7. The number of pyridine rings is 1. The minimum atomic E-state index is -4.46. The number of rotatable bonds is 3. The highest BCUT2D eigenvalue weighted by atomic mass is 32.2. The first-order valence-electron chi connectivity index (χ1n) is 6.40. The first kappa shape index (κ1) is 14.8. The van der Waals surface area contributed by atoms with Crippen LogP contribution in [0.25, 0.3) is 5.65 Å². The molecule has 0 radical (unpaired) electrons. The Bertz CT molecular complexity index is 813. The first-order valence-corrected chi connectivity index (χ1v) is 7.38. The van der Waals surface area contributed by atoms with Crippen molar-refractivity contribution in [2.75, 3.05) is 0 Å². The van der Waals surface area contributed by atoms with Gasteiger partial charge in [0.15, 0.2) is 5.16 Å². The predicted octanol–water partition coefficient (Wildman–Crippen LogP) is 3.74. The van der Waals surface area contributed by atoms with Crippen LogP contribution in [0.1, 0.15) is 17.0 Å². The summed E-state index contributed by atoms with van der Waals surface area (Å²) in [5.41, 5.74) is 1.70. The Morgan fingerprint density at radius 1 is 1.23 bits per heavy atom. The molecule has 0 amide bonds. The molecule has 0 aromatic carbocycles. The number of aryl methyl sites for hydroxylation is 1. The Balaban J connectivity index is 1.78. The molecular weight excluding hydrogens is 313 g/mol. The zero-order valence-electron chi connectivity index (χ0n) is 11.5. The van der Waals surface area contributed by atoms with E-state index >= 15 is 0 Å². The van der Waals surface area contributed by atoms with Crippen LogP contribution in [0.4, 0.5) is 13.2 Å². The van der Waals surface area contributed by atoms with Gasteiger partial charge in [-0.15, -0.1) is 0 Å². The molecule has 0 saturated carbocycles. The monoisotopic (exact) mass is 324 g/mol. The Morgan fingerprint density at radius 2 is 2.05 bits per heavy atom. The fourth-order valence-electron chi connectivity index (χ4n) is 1.98. The van der Waals surface area contributed by atoms with E-state index in [1.165, 1.54) is 0 Å². The molecule has 3 aromatic heterocycles. The van der Waals surface area contributed by atoms with E-state index in [-0.39, 0.29) is 5.16 Å². The standard InChI is InChI=1S/C14H11F3N4S/c1-9-3-2-6-21-7-10(19-12(9)21)8-22-13-18-5-4-11(20-13)14(15,16)17/h2-7H,8H2,1H3. The maximum Gasteiger partial charge on any atom is 0.433 e. The van der Waals surface area contributed by atoms with E-state index in [1.54, 1.807) is 0 Å². The van der Waals surface area contributed by atoms with Crippen molar-refractivity contribution in [3.05, 3.63) is 53.7 Å². The second kappa shape index (κ2) is 5.60.